The van der Waals surface area contributed by atoms with Crippen LogP contribution >= 0.6 is 11.3 Å². The first-order chi connectivity index (χ1) is 14.0. The SMILES string of the molecule is CCCCCCCCC(=O)NC(C(=O)Nc1nnc(-c2ccccc2)s1)C(C)C. The van der Waals surface area contributed by atoms with Gasteiger partial charge in [0.2, 0.25) is 16.9 Å². The van der Waals surface area contributed by atoms with Crippen LogP contribution in [0, 0.1) is 5.92 Å². The Morgan fingerprint density at radius 2 is 1.69 bits per heavy atom. The zero-order chi connectivity index (χ0) is 21.1. The number of rotatable bonds is 12. The number of carbonyl (C=O) groups excluding carboxylic acids is 2. The number of hydrogen-bond acceptors (Lipinski definition) is 5. The molecule has 0 bridgehead atoms. The molecule has 29 heavy (non-hydrogen) atoms. The Kier molecular flexibility index (Phi) is 9.77. The van der Waals surface area contributed by atoms with E-state index >= 15 is 0 Å². The molecule has 1 unspecified atom stereocenters. The van der Waals surface area contributed by atoms with Crippen molar-refractivity contribution in [1.82, 2.24) is 15.5 Å². The lowest BCUT2D eigenvalue weighted by atomic mass is 10.0. The largest absolute Gasteiger partial charge is 0.344 e. The molecular weight excluding hydrogens is 384 g/mol. The first-order valence-electron chi connectivity index (χ1n) is 10.5. The maximum atomic E-state index is 12.7. The van der Waals surface area contributed by atoms with Crippen LogP contribution in [0.5, 0.6) is 0 Å². The van der Waals surface area contributed by atoms with Gasteiger partial charge in [-0.2, -0.15) is 0 Å². The first-order valence-corrected chi connectivity index (χ1v) is 11.3. The second-order valence-electron chi connectivity index (χ2n) is 7.57. The Labute approximate surface area is 177 Å². The molecule has 0 fully saturated rings. The fraction of sp³-hybridized carbons (Fsp3) is 0.545. The predicted octanol–water partition coefficient (Wildman–Crippen LogP) is 5.04. The average Bonchev–Trinajstić information content (AvgIpc) is 3.17. The van der Waals surface area contributed by atoms with Gasteiger partial charge in [0.1, 0.15) is 11.0 Å². The number of carbonyl (C=O) groups is 2. The minimum atomic E-state index is -0.591. The Bertz CT molecular complexity index is 761. The van der Waals surface area contributed by atoms with Gasteiger partial charge in [-0.05, 0) is 12.3 Å². The van der Waals surface area contributed by atoms with Crippen LogP contribution in [0.15, 0.2) is 30.3 Å². The summed E-state index contributed by atoms with van der Waals surface area (Å²) < 4.78 is 0. The Balaban J connectivity index is 1.84. The van der Waals surface area contributed by atoms with Gasteiger partial charge in [0.15, 0.2) is 0 Å². The summed E-state index contributed by atoms with van der Waals surface area (Å²) in [7, 11) is 0. The summed E-state index contributed by atoms with van der Waals surface area (Å²) in [4.78, 5) is 25.0. The standard InChI is InChI=1S/C22H32N4O2S/c1-4-5-6-7-8-12-15-18(27)23-19(16(2)3)20(28)24-22-26-25-21(29-22)17-13-10-9-11-14-17/h9-11,13-14,16,19H,4-8,12,15H2,1-3H3,(H,23,27)(H,24,26,28). The number of anilines is 1. The molecule has 7 heteroatoms. The van der Waals surface area contributed by atoms with E-state index in [0.717, 1.165) is 29.8 Å². The smallest absolute Gasteiger partial charge is 0.249 e. The maximum absolute atomic E-state index is 12.7. The van der Waals surface area contributed by atoms with Gasteiger partial charge >= 0.3 is 0 Å². The summed E-state index contributed by atoms with van der Waals surface area (Å²) in [5.74, 6) is -0.353. The van der Waals surface area contributed by atoms with E-state index in [1.807, 2.05) is 44.2 Å². The predicted molar refractivity (Wildman–Crippen MR) is 119 cm³/mol. The van der Waals surface area contributed by atoms with Gasteiger partial charge in [-0.25, -0.2) is 0 Å². The second kappa shape index (κ2) is 12.3. The molecule has 1 heterocycles. The topological polar surface area (TPSA) is 84.0 Å². The quantitative estimate of drug-likeness (QED) is 0.475. The molecule has 2 amide bonds. The molecular formula is C22H32N4O2S. The van der Waals surface area contributed by atoms with E-state index in [0.29, 0.717) is 11.6 Å². The second-order valence-corrected chi connectivity index (χ2v) is 8.55. The van der Waals surface area contributed by atoms with Crippen molar-refractivity contribution in [2.75, 3.05) is 5.32 Å². The summed E-state index contributed by atoms with van der Waals surface area (Å²) in [6, 6.07) is 9.11. The minimum absolute atomic E-state index is 0.0231. The van der Waals surface area contributed by atoms with E-state index in [4.69, 9.17) is 0 Å². The van der Waals surface area contributed by atoms with Crippen LogP contribution in [0.3, 0.4) is 0 Å². The van der Waals surface area contributed by atoms with E-state index in [-0.39, 0.29) is 17.7 Å². The Hall–Kier alpha value is -2.28. The Morgan fingerprint density at radius 3 is 2.38 bits per heavy atom. The van der Waals surface area contributed by atoms with Crippen LogP contribution in [0.1, 0.15) is 65.7 Å². The number of hydrogen-bond donors (Lipinski definition) is 2. The molecule has 0 saturated heterocycles. The molecule has 1 atom stereocenters. The van der Waals surface area contributed by atoms with Crippen molar-refractivity contribution < 1.29 is 9.59 Å². The van der Waals surface area contributed by atoms with Gasteiger partial charge < -0.3 is 5.32 Å². The van der Waals surface area contributed by atoms with Gasteiger partial charge in [-0.3, -0.25) is 14.9 Å². The summed E-state index contributed by atoms with van der Waals surface area (Å²) >= 11 is 1.32. The molecule has 1 aromatic heterocycles. The molecule has 0 saturated carbocycles. The van der Waals surface area contributed by atoms with Gasteiger partial charge in [0.25, 0.3) is 0 Å². The number of benzene rings is 1. The number of amides is 2. The van der Waals surface area contributed by atoms with Crippen LogP contribution in [0.4, 0.5) is 5.13 Å². The highest BCUT2D eigenvalue weighted by Gasteiger charge is 2.25. The third-order valence-corrected chi connectivity index (χ3v) is 5.59. The van der Waals surface area contributed by atoms with Gasteiger partial charge in [0, 0.05) is 12.0 Å². The Morgan fingerprint density at radius 1 is 1.00 bits per heavy atom. The van der Waals surface area contributed by atoms with E-state index in [2.05, 4.69) is 27.8 Å². The van der Waals surface area contributed by atoms with E-state index in [1.165, 1.54) is 30.6 Å². The maximum Gasteiger partial charge on any atom is 0.249 e. The van der Waals surface area contributed by atoms with Crippen LogP contribution in [-0.4, -0.2) is 28.1 Å². The van der Waals surface area contributed by atoms with Gasteiger partial charge in [-0.1, -0.05) is 94.5 Å². The highest BCUT2D eigenvalue weighted by atomic mass is 32.1. The molecule has 0 aliphatic carbocycles. The van der Waals surface area contributed by atoms with E-state index in [9.17, 15) is 9.59 Å². The van der Waals surface area contributed by atoms with Crippen molar-refractivity contribution in [2.45, 2.75) is 71.8 Å². The van der Waals surface area contributed by atoms with E-state index < -0.39 is 6.04 Å². The van der Waals surface area contributed by atoms with Crippen molar-refractivity contribution in [2.24, 2.45) is 5.92 Å². The number of nitrogens with one attached hydrogen (secondary N) is 2. The summed E-state index contributed by atoms with van der Waals surface area (Å²) in [5, 5.41) is 15.1. The van der Waals surface area contributed by atoms with Crippen molar-refractivity contribution in [3.8, 4) is 10.6 Å². The molecule has 2 N–H and O–H groups in total. The monoisotopic (exact) mass is 416 g/mol. The molecule has 158 valence electrons. The molecule has 1 aromatic carbocycles. The van der Waals surface area contributed by atoms with Crippen LogP contribution in [-0.2, 0) is 9.59 Å². The van der Waals surface area contributed by atoms with Gasteiger partial charge in [-0.15, -0.1) is 10.2 Å². The van der Waals surface area contributed by atoms with E-state index in [1.54, 1.807) is 0 Å². The van der Waals surface area contributed by atoms with Crippen LogP contribution in [0.2, 0.25) is 0 Å². The lowest BCUT2D eigenvalue weighted by Crippen LogP contribution is -2.47. The third kappa shape index (κ3) is 7.93. The molecule has 0 radical (unpaired) electrons. The molecule has 0 aliphatic heterocycles. The fourth-order valence-corrected chi connectivity index (χ4v) is 3.75. The zero-order valence-electron chi connectivity index (χ0n) is 17.6. The average molecular weight is 417 g/mol. The number of unbranched alkanes of at least 4 members (excludes halogenated alkanes) is 5. The normalized spacial score (nSPS) is 12.0. The molecule has 0 aliphatic rings. The lowest BCUT2D eigenvalue weighted by Gasteiger charge is -2.21. The van der Waals surface area contributed by atoms with Crippen molar-refractivity contribution in [1.29, 1.82) is 0 Å². The van der Waals surface area contributed by atoms with Crippen molar-refractivity contribution in [3.05, 3.63) is 30.3 Å². The molecule has 6 nitrogen and oxygen atoms in total. The summed E-state index contributed by atoms with van der Waals surface area (Å²) in [5.41, 5.74) is 0.957. The highest BCUT2D eigenvalue weighted by molar-refractivity contribution is 7.18. The summed E-state index contributed by atoms with van der Waals surface area (Å²) in [6.45, 7) is 6.03. The van der Waals surface area contributed by atoms with Crippen LogP contribution in [0.25, 0.3) is 10.6 Å². The van der Waals surface area contributed by atoms with Gasteiger partial charge in [0.05, 0.1) is 0 Å². The fourth-order valence-electron chi connectivity index (χ4n) is 3.00. The molecule has 2 rings (SSSR count). The summed E-state index contributed by atoms with van der Waals surface area (Å²) in [6.07, 6.45) is 7.22. The zero-order valence-corrected chi connectivity index (χ0v) is 18.4. The first kappa shape index (κ1) is 23.0. The lowest BCUT2D eigenvalue weighted by molar-refractivity contribution is -0.127. The highest BCUT2D eigenvalue weighted by Crippen LogP contribution is 2.26. The molecule has 0 spiro atoms. The number of nitrogens with zero attached hydrogens (tertiary/aromatic N) is 2. The third-order valence-electron chi connectivity index (χ3n) is 4.70. The van der Waals surface area contributed by atoms with Crippen molar-refractivity contribution in [3.63, 3.8) is 0 Å². The molecule has 2 aromatic rings. The van der Waals surface area contributed by atoms with Crippen LogP contribution < -0.4 is 10.6 Å². The number of aromatic nitrogens is 2. The van der Waals surface area contributed by atoms with Crippen molar-refractivity contribution >= 4 is 28.3 Å². The minimum Gasteiger partial charge on any atom is -0.344 e.